The Hall–Kier alpha value is -3.02. The molecule has 1 aliphatic heterocycles. The van der Waals surface area contributed by atoms with Crippen molar-refractivity contribution in [2.45, 2.75) is 81.6 Å². The summed E-state index contributed by atoms with van der Waals surface area (Å²) in [6.07, 6.45) is -0.208. The Morgan fingerprint density at radius 3 is 2.49 bits per heavy atom. The van der Waals surface area contributed by atoms with Gasteiger partial charge in [-0.3, -0.25) is 14.7 Å². The van der Waals surface area contributed by atoms with Crippen molar-refractivity contribution in [3.8, 4) is 11.4 Å². The molecular weight excluding hydrogens is 489 g/mol. The van der Waals surface area contributed by atoms with Crippen molar-refractivity contribution >= 4 is 11.8 Å². The number of piperidine rings is 1. The second-order valence-electron chi connectivity index (χ2n) is 10.6. The van der Waals surface area contributed by atoms with E-state index in [9.17, 15) is 22.8 Å². The molecule has 0 bridgehead atoms. The van der Waals surface area contributed by atoms with Crippen LogP contribution in [0.25, 0.3) is 11.4 Å². The fraction of sp³-hybridized carbons (Fsp3) is 0.640. The number of likely N-dealkylation sites (tertiary alicyclic amines) is 1. The van der Waals surface area contributed by atoms with Gasteiger partial charge in [-0.25, -0.2) is 9.97 Å². The highest BCUT2D eigenvalue weighted by atomic mass is 19.4. The number of halogens is 3. The minimum atomic E-state index is -4.43. The zero-order chi connectivity index (χ0) is 26.4. The van der Waals surface area contributed by atoms with Gasteiger partial charge in [-0.2, -0.15) is 18.3 Å². The van der Waals surface area contributed by atoms with Crippen LogP contribution in [0.15, 0.2) is 18.5 Å². The molecule has 37 heavy (non-hydrogen) atoms. The maximum absolute atomic E-state index is 13.4. The first-order valence-corrected chi connectivity index (χ1v) is 12.6. The number of hydrogen-bond donors (Lipinski definition) is 2. The lowest BCUT2D eigenvalue weighted by atomic mass is 9.81. The summed E-state index contributed by atoms with van der Waals surface area (Å²) in [5, 5.41) is 10.1. The van der Waals surface area contributed by atoms with Crippen molar-refractivity contribution in [2.75, 3.05) is 13.7 Å². The summed E-state index contributed by atoms with van der Waals surface area (Å²) in [7, 11) is 1.09. The van der Waals surface area contributed by atoms with Gasteiger partial charge >= 0.3 is 6.18 Å². The second kappa shape index (κ2) is 9.38. The van der Waals surface area contributed by atoms with Gasteiger partial charge in [-0.1, -0.05) is 0 Å². The molecule has 3 heterocycles. The molecule has 5 rings (SSSR count). The number of hydrogen-bond acceptors (Lipinski definition) is 6. The molecule has 0 unspecified atom stereocenters. The molecule has 2 aliphatic carbocycles. The van der Waals surface area contributed by atoms with Crippen molar-refractivity contribution in [2.24, 2.45) is 5.92 Å². The molecule has 2 aromatic rings. The monoisotopic (exact) mass is 520 g/mol. The molecule has 9 nitrogen and oxygen atoms in total. The zero-order valence-electron chi connectivity index (χ0n) is 20.9. The largest absolute Gasteiger partial charge is 0.417 e. The minimum Gasteiger partial charge on any atom is -0.369 e. The first-order valence-electron chi connectivity index (χ1n) is 12.6. The van der Waals surface area contributed by atoms with Crippen molar-refractivity contribution in [1.82, 2.24) is 30.4 Å². The van der Waals surface area contributed by atoms with Crippen LogP contribution >= 0.6 is 0 Å². The summed E-state index contributed by atoms with van der Waals surface area (Å²) in [6, 6.07) is 3.18. The van der Waals surface area contributed by atoms with Crippen molar-refractivity contribution in [3.05, 3.63) is 29.8 Å². The van der Waals surface area contributed by atoms with E-state index in [0.717, 1.165) is 25.6 Å². The lowest BCUT2D eigenvalue weighted by molar-refractivity contribution is -0.280. The third-order valence-corrected chi connectivity index (χ3v) is 8.27. The van der Waals surface area contributed by atoms with E-state index in [1.807, 2.05) is 11.8 Å². The van der Waals surface area contributed by atoms with Crippen LogP contribution in [0.5, 0.6) is 0 Å². The highest BCUT2D eigenvalue weighted by molar-refractivity contribution is 5.94. The molecule has 0 aromatic carbocycles. The molecule has 2 N–H and O–H groups in total. The van der Waals surface area contributed by atoms with Crippen LogP contribution in [0.4, 0.5) is 13.2 Å². The van der Waals surface area contributed by atoms with E-state index in [-0.39, 0.29) is 55.0 Å². The van der Waals surface area contributed by atoms with Crippen LogP contribution < -0.4 is 5.32 Å². The van der Waals surface area contributed by atoms with Crippen LogP contribution in [0.1, 0.15) is 67.5 Å². The van der Waals surface area contributed by atoms with Gasteiger partial charge in [-0.15, -0.1) is 0 Å². The molecular formula is C25H31F3N6O3. The average molecular weight is 521 g/mol. The fourth-order valence-corrected chi connectivity index (χ4v) is 5.81. The van der Waals surface area contributed by atoms with Gasteiger partial charge < -0.3 is 15.0 Å². The number of ether oxygens (including phenoxy) is 1. The van der Waals surface area contributed by atoms with Crippen LogP contribution in [-0.2, 0) is 9.53 Å². The highest BCUT2D eigenvalue weighted by Crippen LogP contribution is 2.51. The number of H-pyrrole nitrogens is 1. The molecule has 1 saturated heterocycles. The van der Waals surface area contributed by atoms with Crippen molar-refractivity contribution in [1.29, 1.82) is 0 Å². The van der Waals surface area contributed by atoms with Gasteiger partial charge in [0.25, 0.3) is 5.91 Å². The molecule has 2 saturated carbocycles. The number of nitrogens with zero attached hydrogens (tertiary/aromatic N) is 4. The Kier molecular flexibility index (Phi) is 6.49. The maximum atomic E-state index is 13.4. The summed E-state index contributed by atoms with van der Waals surface area (Å²) >= 11 is 0. The number of amides is 2. The first-order chi connectivity index (χ1) is 17.6. The van der Waals surface area contributed by atoms with E-state index in [1.54, 1.807) is 12.1 Å². The number of aromatic nitrogens is 4. The zero-order valence-corrected chi connectivity index (χ0v) is 20.9. The van der Waals surface area contributed by atoms with Crippen LogP contribution in [0.3, 0.4) is 0 Å². The first kappa shape index (κ1) is 25.6. The molecule has 12 heteroatoms. The SMILES string of the molecule is CO[C@]1(C(F)(F)F)CC[C@@H](NC(=O)[C@@H]2CCN(C(=O)c3cc(-c4cc(C)ncn4)[nH]n3)C3(CC3)C2)CC1. The van der Waals surface area contributed by atoms with E-state index in [4.69, 9.17) is 4.74 Å². The number of nitrogens with one attached hydrogen (secondary N) is 2. The molecule has 3 aliphatic rings. The standard InChI is InChI=1S/C25H31F3N6O3/c1-15-11-18(30-14-29-15)19-12-20(33-32-19)22(36)34-10-5-16(13-23(34)8-9-23)21(35)31-17-3-6-24(37-2,7-4-17)25(26,27)28/h11-12,14,16-17H,3-10,13H2,1-2H3,(H,31,35)(H,32,33)/t16-,17-,24-/m1/s1. The normalized spacial score (nSPS) is 27.2. The molecule has 200 valence electrons. The lowest BCUT2D eigenvalue weighted by Crippen LogP contribution is -2.54. The quantitative estimate of drug-likeness (QED) is 0.623. The van der Waals surface area contributed by atoms with Gasteiger partial charge in [0.2, 0.25) is 5.91 Å². The van der Waals surface area contributed by atoms with Gasteiger partial charge in [0, 0.05) is 36.8 Å². The number of carbonyl (C=O) groups is 2. The Morgan fingerprint density at radius 1 is 1.14 bits per heavy atom. The van der Waals surface area contributed by atoms with Gasteiger partial charge in [-0.05, 0) is 70.4 Å². The van der Waals surface area contributed by atoms with Gasteiger partial charge in [0.15, 0.2) is 11.3 Å². The third-order valence-electron chi connectivity index (χ3n) is 8.27. The fourth-order valence-electron chi connectivity index (χ4n) is 5.81. The van der Waals surface area contributed by atoms with Crippen LogP contribution in [-0.4, -0.2) is 73.9 Å². The Labute approximate surface area is 212 Å². The molecule has 2 amide bonds. The van der Waals surface area contributed by atoms with E-state index < -0.39 is 11.8 Å². The molecule has 1 spiro atoms. The summed E-state index contributed by atoms with van der Waals surface area (Å²) in [5.41, 5.74) is -0.114. The van der Waals surface area contributed by atoms with Gasteiger partial charge in [0.05, 0.1) is 11.4 Å². The minimum absolute atomic E-state index is 0.138. The Bertz CT molecular complexity index is 1170. The van der Waals surface area contributed by atoms with Crippen molar-refractivity contribution in [3.63, 3.8) is 0 Å². The van der Waals surface area contributed by atoms with E-state index in [2.05, 4.69) is 25.5 Å². The highest BCUT2D eigenvalue weighted by Gasteiger charge is 2.57. The number of rotatable bonds is 5. The maximum Gasteiger partial charge on any atom is 0.417 e. The lowest BCUT2D eigenvalue weighted by Gasteiger charge is -2.42. The van der Waals surface area contributed by atoms with Crippen LogP contribution in [0.2, 0.25) is 0 Å². The molecule has 3 fully saturated rings. The number of methoxy groups -OCH3 is 1. The molecule has 0 radical (unpaired) electrons. The number of aryl methyl sites for hydroxylation is 1. The molecule has 2 aromatic heterocycles. The Balaban J connectivity index is 1.19. The topological polar surface area (TPSA) is 113 Å². The van der Waals surface area contributed by atoms with E-state index in [0.29, 0.717) is 36.5 Å². The summed E-state index contributed by atoms with van der Waals surface area (Å²) in [6.45, 7) is 2.28. The van der Waals surface area contributed by atoms with E-state index in [1.165, 1.54) is 6.33 Å². The predicted octanol–water partition coefficient (Wildman–Crippen LogP) is 3.57. The predicted molar refractivity (Wildman–Crippen MR) is 126 cm³/mol. The summed E-state index contributed by atoms with van der Waals surface area (Å²) in [5.74, 6) is -0.594. The third kappa shape index (κ3) is 4.83. The molecule has 1 atom stereocenters. The summed E-state index contributed by atoms with van der Waals surface area (Å²) < 4.78 is 45.2. The number of alkyl halides is 3. The smallest absolute Gasteiger partial charge is 0.369 e. The number of aromatic amines is 1. The second-order valence-corrected chi connectivity index (χ2v) is 10.6. The van der Waals surface area contributed by atoms with Crippen LogP contribution in [0, 0.1) is 12.8 Å². The van der Waals surface area contributed by atoms with Crippen molar-refractivity contribution < 1.29 is 27.5 Å². The number of carbonyl (C=O) groups excluding carboxylic acids is 2. The average Bonchev–Trinajstić information content (AvgIpc) is 3.44. The van der Waals surface area contributed by atoms with Gasteiger partial charge in [0.1, 0.15) is 6.33 Å². The Morgan fingerprint density at radius 2 is 1.86 bits per heavy atom. The van der Waals surface area contributed by atoms with E-state index >= 15 is 0 Å². The summed E-state index contributed by atoms with van der Waals surface area (Å²) in [4.78, 5) is 36.5.